The molecule has 0 spiro atoms. The van der Waals surface area contributed by atoms with Crippen molar-refractivity contribution in [2.75, 3.05) is 13.2 Å². The van der Waals surface area contributed by atoms with Gasteiger partial charge in [0.25, 0.3) is 0 Å². The fourth-order valence-corrected chi connectivity index (χ4v) is 3.02. The lowest BCUT2D eigenvalue weighted by Crippen LogP contribution is -2.38. The van der Waals surface area contributed by atoms with Crippen LogP contribution in [0.2, 0.25) is 5.02 Å². The number of carboxylic acids is 1. The van der Waals surface area contributed by atoms with Crippen molar-refractivity contribution >= 4 is 17.6 Å². The van der Waals surface area contributed by atoms with Crippen molar-refractivity contribution in [3.63, 3.8) is 0 Å². The van der Waals surface area contributed by atoms with Crippen LogP contribution in [0.4, 0.5) is 0 Å². The van der Waals surface area contributed by atoms with Crippen LogP contribution < -0.4 is 14.2 Å². The molecule has 164 valence electrons. The first kappa shape index (κ1) is 23.0. The molecule has 1 unspecified atom stereocenters. The fraction of sp³-hybridized carbons (Fsp3) is 0.200. The van der Waals surface area contributed by atoms with E-state index in [1.54, 1.807) is 72.8 Å². The maximum atomic E-state index is 12.0. The molecule has 3 aromatic rings. The number of aliphatic carboxylic acids is 1. The zero-order valence-electron chi connectivity index (χ0n) is 17.5. The Hall–Kier alpha value is -3.69. The van der Waals surface area contributed by atoms with Gasteiger partial charge in [-0.15, -0.1) is 0 Å². The SMILES string of the molecule is CC(Oc1ccc(C#N)cc1)(C(=O)O)c1ccc(OCCCOc2ccc(Cl)cc2)cc1. The zero-order chi connectivity index (χ0) is 23.0. The van der Waals surface area contributed by atoms with Crippen LogP contribution in [-0.4, -0.2) is 24.3 Å². The molecule has 1 N–H and O–H groups in total. The molecule has 3 aromatic carbocycles. The van der Waals surface area contributed by atoms with Gasteiger partial charge in [-0.1, -0.05) is 23.7 Å². The predicted molar refractivity (Wildman–Crippen MR) is 120 cm³/mol. The highest BCUT2D eigenvalue weighted by Crippen LogP contribution is 2.30. The number of nitrogens with zero attached hydrogens (tertiary/aromatic N) is 1. The number of benzene rings is 3. The molecule has 6 nitrogen and oxygen atoms in total. The summed E-state index contributed by atoms with van der Waals surface area (Å²) in [7, 11) is 0. The number of rotatable bonds is 10. The second-order valence-corrected chi connectivity index (χ2v) is 7.54. The van der Waals surface area contributed by atoms with Gasteiger partial charge in [-0.05, 0) is 67.6 Å². The number of carbonyl (C=O) groups is 1. The van der Waals surface area contributed by atoms with E-state index in [0.29, 0.717) is 47.3 Å². The van der Waals surface area contributed by atoms with Crippen molar-refractivity contribution in [1.29, 1.82) is 5.26 Å². The molecule has 0 saturated carbocycles. The highest BCUT2D eigenvalue weighted by atomic mass is 35.5. The first-order valence-corrected chi connectivity index (χ1v) is 10.3. The summed E-state index contributed by atoms with van der Waals surface area (Å²) < 4.78 is 17.1. The van der Waals surface area contributed by atoms with E-state index >= 15 is 0 Å². The minimum Gasteiger partial charge on any atom is -0.493 e. The molecule has 0 aliphatic rings. The average molecular weight is 452 g/mol. The first-order valence-electron chi connectivity index (χ1n) is 9.95. The lowest BCUT2D eigenvalue weighted by molar-refractivity contribution is -0.154. The summed E-state index contributed by atoms with van der Waals surface area (Å²) in [6.45, 7) is 2.43. The summed E-state index contributed by atoms with van der Waals surface area (Å²) in [4.78, 5) is 12.0. The maximum Gasteiger partial charge on any atom is 0.352 e. The Bertz CT molecular complexity index is 1080. The van der Waals surface area contributed by atoms with E-state index in [1.165, 1.54) is 6.92 Å². The molecule has 0 fully saturated rings. The van der Waals surface area contributed by atoms with Gasteiger partial charge in [0.05, 0.1) is 24.8 Å². The smallest absolute Gasteiger partial charge is 0.352 e. The summed E-state index contributed by atoms with van der Waals surface area (Å²) >= 11 is 5.84. The van der Waals surface area contributed by atoms with Crippen molar-refractivity contribution in [1.82, 2.24) is 0 Å². The van der Waals surface area contributed by atoms with Crippen molar-refractivity contribution < 1.29 is 24.1 Å². The van der Waals surface area contributed by atoms with Crippen LogP contribution in [0.5, 0.6) is 17.2 Å². The number of nitriles is 1. The Morgan fingerprint density at radius 1 is 0.906 bits per heavy atom. The zero-order valence-corrected chi connectivity index (χ0v) is 18.2. The summed E-state index contributed by atoms with van der Waals surface area (Å²) in [5.74, 6) is 0.588. The number of hydrogen-bond acceptors (Lipinski definition) is 5. The highest BCUT2D eigenvalue weighted by Gasteiger charge is 2.38. The number of halogens is 1. The lowest BCUT2D eigenvalue weighted by atomic mass is 9.95. The van der Waals surface area contributed by atoms with Crippen molar-refractivity contribution in [2.24, 2.45) is 0 Å². The molecule has 7 heteroatoms. The third-order valence-corrected chi connectivity index (χ3v) is 5.01. The predicted octanol–water partition coefficient (Wildman–Crippen LogP) is 5.44. The molecule has 0 aromatic heterocycles. The Morgan fingerprint density at radius 2 is 1.41 bits per heavy atom. The van der Waals surface area contributed by atoms with Crippen molar-refractivity contribution in [2.45, 2.75) is 18.9 Å². The van der Waals surface area contributed by atoms with Crippen LogP contribution in [0.3, 0.4) is 0 Å². The van der Waals surface area contributed by atoms with Gasteiger partial charge in [-0.3, -0.25) is 0 Å². The van der Waals surface area contributed by atoms with Crippen LogP contribution in [0, 0.1) is 11.3 Å². The Balaban J connectivity index is 1.55. The summed E-state index contributed by atoms with van der Waals surface area (Å²) in [6.07, 6.45) is 0.680. The number of hydrogen-bond donors (Lipinski definition) is 1. The summed E-state index contributed by atoms with van der Waals surface area (Å²) in [5, 5.41) is 19.4. The quantitative estimate of drug-likeness (QED) is 0.413. The Kier molecular flexibility index (Phi) is 7.58. The van der Waals surface area contributed by atoms with E-state index in [4.69, 9.17) is 31.1 Å². The van der Waals surface area contributed by atoms with E-state index in [1.807, 2.05) is 6.07 Å². The molecule has 0 amide bonds. The number of ether oxygens (including phenoxy) is 3. The van der Waals surface area contributed by atoms with Gasteiger partial charge in [0.2, 0.25) is 5.60 Å². The second kappa shape index (κ2) is 10.6. The van der Waals surface area contributed by atoms with Gasteiger partial charge in [0, 0.05) is 17.0 Å². The van der Waals surface area contributed by atoms with E-state index in [2.05, 4.69) is 0 Å². The lowest BCUT2D eigenvalue weighted by Gasteiger charge is -2.27. The highest BCUT2D eigenvalue weighted by molar-refractivity contribution is 6.30. The molecule has 0 aliphatic carbocycles. The third kappa shape index (κ3) is 5.93. The summed E-state index contributed by atoms with van der Waals surface area (Å²) in [5.41, 5.74) is -0.665. The summed E-state index contributed by atoms with van der Waals surface area (Å²) in [6, 6.07) is 22.2. The standard InChI is InChI=1S/C25H22ClNO5/c1-25(24(28)29,32-23-9-3-18(17-27)4-10-23)19-5-11-21(12-6-19)30-15-2-16-31-22-13-7-20(26)8-14-22/h3-14H,2,15-16H2,1H3,(H,28,29). The molecule has 0 aliphatic heterocycles. The fourth-order valence-electron chi connectivity index (χ4n) is 2.90. The molecule has 0 heterocycles. The molecule has 1 atom stereocenters. The van der Waals surface area contributed by atoms with E-state index in [9.17, 15) is 9.90 Å². The molecule has 32 heavy (non-hydrogen) atoms. The minimum atomic E-state index is -1.60. The molecule has 0 radical (unpaired) electrons. The van der Waals surface area contributed by atoms with Crippen molar-refractivity contribution in [3.8, 4) is 23.3 Å². The van der Waals surface area contributed by atoms with Gasteiger partial charge in [0.1, 0.15) is 17.2 Å². The normalized spacial score (nSPS) is 12.3. The van der Waals surface area contributed by atoms with Crippen LogP contribution >= 0.6 is 11.6 Å². The molecule has 0 bridgehead atoms. The topological polar surface area (TPSA) is 88.8 Å². The molecule has 3 rings (SSSR count). The van der Waals surface area contributed by atoms with Gasteiger partial charge in [-0.2, -0.15) is 5.26 Å². The maximum absolute atomic E-state index is 12.0. The average Bonchev–Trinajstić information content (AvgIpc) is 2.81. The Morgan fingerprint density at radius 3 is 1.91 bits per heavy atom. The molecule has 0 saturated heterocycles. The van der Waals surface area contributed by atoms with E-state index in [-0.39, 0.29) is 0 Å². The van der Waals surface area contributed by atoms with Crippen molar-refractivity contribution in [3.05, 3.63) is 88.9 Å². The van der Waals surface area contributed by atoms with E-state index in [0.717, 1.165) is 5.75 Å². The second-order valence-electron chi connectivity index (χ2n) is 7.11. The monoisotopic (exact) mass is 451 g/mol. The minimum absolute atomic E-state index is 0.356. The largest absolute Gasteiger partial charge is 0.493 e. The Labute approximate surface area is 191 Å². The van der Waals surface area contributed by atoms with Gasteiger partial charge >= 0.3 is 5.97 Å². The first-order chi connectivity index (χ1) is 15.4. The molecular formula is C25H22ClNO5. The number of carboxylic acid groups (broad SMARTS) is 1. The van der Waals surface area contributed by atoms with Crippen LogP contribution in [0.1, 0.15) is 24.5 Å². The van der Waals surface area contributed by atoms with Gasteiger partial charge in [-0.25, -0.2) is 4.79 Å². The molecular weight excluding hydrogens is 430 g/mol. The van der Waals surface area contributed by atoms with Crippen LogP contribution in [0.15, 0.2) is 72.8 Å². The van der Waals surface area contributed by atoms with E-state index < -0.39 is 11.6 Å². The van der Waals surface area contributed by atoms with Gasteiger partial charge < -0.3 is 19.3 Å². The third-order valence-electron chi connectivity index (χ3n) is 4.76. The van der Waals surface area contributed by atoms with Crippen LogP contribution in [-0.2, 0) is 10.4 Å². The van der Waals surface area contributed by atoms with Crippen LogP contribution in [0.25, 0.3) is 0 Å². The van der Waals surface area contributed by atoms with Gasteiger partial charge in [0.15, 0.2) is 0 Å².